The number of amides is 1. The molecular weight excluding hydrogens is 242 g/mol. The second-order valence-corrected chi connectivity index (χ2v) is 3.65. The molecular formula is C10H10ClN5O. The van der Waals surface area contributed by atoms with E-state index in [1.807, 2.05) is 18.2 Å². The molecule has 2 N–H and O–H groups in total. The molecule has 0 saturated carbocycles. The van der Waals surface area contributed by atoms with Crippen LogP contribution in [0, 0.1) is 0 Å². The van der Waals surface area contributed by atoms with Gasteiger partial charge in [-0.2, -0.15) is 5.21 Å². The first-order valence-corrected chi connectivity index (χ1v) is 5.48. The number of anilines is 1. The summed E-state index contributed by atoms with van der Waals surface area (Å²) in [5.74, 6) is 0.309. The molecule has 1 amide bonds. The summed E-state index contributed by atoms with van der Waals surface area (Å²) in [6.45, 7) is 0. The molecule has 7 heteroatoms. The molecule has 0 unspecified atom stereocenters. The number of hydrogen-bond donors (Lipinski definition) is 2. The maximum Gasteiger partial charge on any atom is 0.239 e. The first kappa shape index (κ1) is 11.5. The fourth-order valence-electron chi connectivity index (χ4n) is 1.39. The van der Waals surface area contributed by atoms with Crippen molar-refractivity contribution < 1.29 is 4.79 Å². The summed E-state index contributed by atoms with van der Waals surface area (Å²) in [4.78, 5) is 11.1. The molecule has 2 rings (SSSR count). The van der Waals surface area contributed by atoms with Crippen LogP contribution in [-0.2, 0) is 11.2 Å². The second-order valence-electron chi connectivity index (χ2n) is 3.39. The minimum absolute atomic E-state index is 0.0604. The summed E-state index contributed by atoms with van der Waals surface area (Å²) < 4.78 is 0. The van der Waals surface area contributed by atoms with Gasteiger partial charge in [-0.15, -0.1) is 21.8 Å². The van der Waals surface area contributed by atoms with Crippen molar-refractivity contribution in [2.75, 3.05) is 11.2 Å². The third kappa shape index (κ3) is 3.25. The van der Waals surface area contributed by atoms with Crippen LogP contribution in [0.5, 0.6) is 0 Å². The highest BCUT2D eigenvalue weighted by Crippen LogP contribution is 2.12. The van der Waals surface area contributed by atoms with Gasteiger partial charge in [-0.05, 0) is 17.7 Å². The monoisotopic (exact) mass is 251 g/mol. The van der Waals surface area contributed by atoms with Crippen LogP contribution in [0.3, 0.4) is 0 Å². The molecule has 1 aromatic carbocycles. The fourth-order valence-corrected chi connectivity index (χ4v) is 1.46. The maximum atomic E-state index is 11.1. The number of rotatable bonds is 4. The minimum Gasteiger partial charge on any atom is -0.325 e. The third-order valence-electron chi connectivity index (χ3n) is 2.08. The summed E-state index contributed by atoms with van der Waals surface area (Å²) in [5.41, 5.74) is 1.69. The van der Waals surface area contributed by atoms with Gasteiger partial charge in [0.1, 0.15) is 5.88 Å². The molecule has 2 aromatic rings. The molecule has 0 fully saturated rings. The number of nitrogens with one attached hydrogen (secondary N) is 2. The Bertz CT molecular complexity index is 499. The lowest BCUT2D eigenvalue weighted by Crippen LogP contribution is -2.12. The van der Waals surface area contributed by atoms with Gasteiger partial charge in [0, 0.05) is 12.1 Å². The van der Waals surface area contributed by atoms with Gasteiger partial charge in [0.25, 0.3) is 0 Å². The zero-order valence-corrected chi connectivity index (χ0v) is 9.61. The topological polar surface area (TPSA) is 83.6 Å². The lowest BCUT2D eigenvalue weighted by Gasteiger charge is -2.04. The molecule has 0 aliphatic carbocycles. The Morgan fingerprint density at radius 1 is 1.47 bits per heavy atom. The van der Waals surface area contributed by atoms with Crippen molar-refractivity contribution >= 4 is 23.2 Å². The van der Waals surface area contributed by atoms with E-state index < -0.39 is 0 Å². The number of halogens is 1. The largest absolute Gasteiger partial charge is 0.325 e. The van der Waals surface area contributed by atoms with Crippen LogP contribution in [0.15, 0.2) is 24.3 Å². The van der Waals surface area contributed by atoms with Crippen LogP contribution < -0.4 is 5.32 Å². The van der Waals surface area contributed by atoms with Crippen LogP contribution in [0.1, 0.15) is 11.4 Å². The summed E-state index contributed by atoms with van der Waals surface area (Å²) in [7, 11) is 0. The Morgan fingerprint density at radius 3 is 3.06 bits per heavy atom. The van der Waals surface area contributed by atoms with Crippen molar-refractivity contribution in [3.05, 3.63) is 35.7 Å². The smallest absolute Gasteiger partial charge is 0.239 e. The van der Waals surface area contributed by atoms with Gasteiger partial charge in [0.05, 0.1) is 0 Å². The van der Waals surface area contributed by atoms with E-state index in [0.717, 1.165) is 5.56 Å². The van der Waals surface area contributed by atoms with Gasteiger partial charge >= 0.3 is 0 Å². The van der Waals surface area contributed by atoms with Gasteiger partial charge in [-0.25, -0.2) is 0 Å². The van der Waals surface area contributed by atoms with E-state index in [4.69, 9.17) is 11.6 Å². The van der Waals surface area contributed by atoms with Crippen molar-refractivity contribution in [1.82, 2.24) is 20.6 Å². The lowest BCUT2D eigenvalue weighted by atomic mass is 10.1. The molecule has 6 nitrogen and oxygen atoms in total. The number of benzene rings is 1. The van der Waals surface area contributed by atoms with Crippen LogP contribution in [0.25, 0.3) is 0 Å². The molecule has 0 atom stereocenters. The SMILES string of the molecule is O=C(CCl)Nc1cccc(Cc2nn[nH]n2)c1. The number of alkyl halides is 1. The number of aromatic nitrogens is 4. The molecule has 0 radical (unpaired) electrons. The molecule has 88 valence electrons. The highest BCUT2D eigenvalue weighted by atomic mass is 35.5. The first-order chi connectivity index (χ1) is 8.28. The zero-order valence-electron chi connectivity index (χ0n) is 8.85. The number of carbonyl (C=O) groups excluding carboxylic acids is 1. The molecule has 1 heterocycles. The quantitative estimate of drug-likeness (QED) is 0.793. The van der Waals surface area contributed by atoms with Gasteiger partial charge < -0.3 is 5.32 Å². The van der Waals surface area contributed by atoms with Crippen molar-refractivity contribution in [2.24, 2.45) is 0 Å². The van der Waals surface area contributed by atoms with E-state index >= 15 is 0 Å². The number of hydrogen-bond acceptors (Lipinski definition) is 4. The van der Waals surface area contributed by atoms with Crippen molar-refractivity contribution in [2.45, 2.75) is 6.42 Å². The minimum atomic E-state index is -0.233. The van der Waals surface area contributed by atoms with Gasteiger partial charge in [0.2, 0.25) is 5.91 Å². The van der Waals surface area contributed by atoms with Crippen molar-refractivity contribution in [3.63, 3.8) is 0 Å². The van der Waals surface area contributed by atoms with Crippen LogP contribution >= 0.6 is 11.6 Å². The molecule has 1 aromatic heterocycles. The summed E-state index contributed by atoms with van der Waals surface area (Å²) in [6.07, 6.45) is 0.557. The molecule has 0 bridgehead atoms. The van der Waals surface area contributed by atoms with Crippen LogP contribution in [0.2, 0.25) is 0 Å². The predicted molar refractivity (Wildman–Crippen MR) is 62.8 cm³/mol. The number of aromatic amines is 1. The third-order valence-corrected chi connectivity index (χ3v) is 2.33. The van der Waals surface area contributed by atoms with E-state index in [-0.39, 0.29) is 11.8 Å². The molecule has 17 heavy (non-hydrogen) atoms. The average Bonchev–Trinajstić information content (AvgIpc) is 2.82. The summed E-state index contributed by atoms with van der Waals surface area (Å²) >= 11 is 5.41. The highest BCUT2D eigenvalue weighted by molar-refractivity contribution is 6.29. The van der Waals surface area contributed by atoms with E-state index in [1.165, 1.54) is 0 Å². The number of H-pyrrole nitrogens is 1. The second kappa shape index (κ2) is 5.40. The summed E-state index contributed by atoms with van der Waals surface area (Å²) in [6, 6.07) is 7.41. The van der Waals surface area contributed by atoms with Crippen LogP contribution in [-0.4, -0.2) is 32.4 Å². The standard InChI is InChI=1S/C10H10ClN5O/c11-6-10(17)12-8-3-1-2-7(4-8)5-9-13-15-16-14-9/h1-4H,5-6H2,(H,12,17)(H,13,14,15,16). The van der Waals surface area contributed by atoms with Crippen molar-refractivity contribution in [1.29, 1.82) is 0 Å². The van der Waals surface area contributed by atoms with Crippen LogP contribution in [0.4, 0.5) is 5.69 Å². The number of nitrogens with zero attached hydrogens (tertiary/aromatic N) is 3. The molecule has 0 aliphatic rings. The normalized spacial score (nSPS) is 10.2. The first-order valence-electron chi connectivity index (χ1n) is 4.95. The Hall–Kier alpha value is -1.95. The molecule has 0 saturated heterocycles. The maximum absolute atomic E-state index is 11.1. The highest BCUT2D eigenvalue weighted by Gasteiger charge is 2.03. The van der Waals surface area contributed by atoms with Gasteiger partial charge in [0.15, 0.2) is 5.82 Å². The predicted octanol–water partition coefficient (Wildman–Crippen LogP) is 0.968. The fraction of sp³-hybridized carbons (Fsp3) is 0.200. The molecule has 0 aliphatic heterocycles. The zero-order chi connectivity index (χ0) is 12.1. The molecule has 0 spiro atoms. The Labute approximate surface area is 102 Å². The number of carbonyl (C=O) groups is 1. The Morgan fingerprint density at radius 2 is 2.35 bits per heavy atom. The van der Waals surface area contributed by atoms with E-state index in [0.29, 0.717) is 17.9 Å². The average molecular weight is 252 g/mol. The van der Waals surface area contributed by atoms with Crippen molar-refractivity contribution in [3.8, 4) is 0 Å². The Kier molecular flexibility index (Phi) is 3.66. The van der Waals surface area contributed by atoms with E-state index in [2.05, 4.69) is 25.9 Å². The Balaban J connectivity index is 2.08. The summed E-state index contributed by atoms with van der Waals surface area (Å²) in [5, 5.41) is 16.3. The van der Waals surface area contributed by atoms with Gasteiger partial charge in [-0.1, -0.05) is 17.3 Å². The van der Waals surface area contributed by atoms with E-state index in [1.54, 1.807) is 6.07 Å². The van der Waals surface area contributed by atoms with Gasteiger partial charge in [-0.3, -0.25) is 4.79 Å². The van der Waals surface area contributed by atoms with E-state index in [9.17, 15) is 4.79 Å². The lowest BCUT2D eigenvalue weighted by molar-refractivity contribution is -0.113. The number of tetrazole rings is 1.